The van der Waals surface area contributed by atoms with E-state index in [2.05, 4.69) is 26.0 Å². The smallest absolute Gasteiger partial charge is 0.138 e. The topological polar surface area (TPSA) is 56.8 Å². The Morgan fingerprint density at radius 1 is 0.750 bits per heavy atom. The Labute approximate surface area is 197 Å². The van der Waals surface area contributed by atoms with Crippen molar-refractivity contribution in [3.8, 4) is 17.9 Å². The molecule has 0 radical (unpaired) electrons. The molecule has 2 rings (SSSR count). The fraction of sp³-hybridized carbons (Fsp3) is 0.724. The van der Waals surface area contributed by atoms with Crippen LogP contribution in [0.4, 0.5) is 0 Å². The van der Waals surface area contributed by atoms with Crippen LogP contribution in [-0.2, 0) is 6.42 Å². The molecule has 0 N–H and O–H groups in total. The van der Waals surface area contributed by atoms with Gasteiger partial charge in [0.05, 0.1) is 12.2 Å². The van der Waals surface area contributed by atoms with Gasteiger partial charge in [-0.3, -0.25) is 0 Å². The van der Waals surface area contributed by atoms with Crippen molar-refractivity contribution >= 4 is 0 Å². The molecule has 0 saturated heterocycles. The average Bonchev–Trinajstić information content (AvgIpc) is 2.82. The summed E-state index contributed by atoms with van der Waals surface area (Å²) in [6, 6.07) is 8.40. The van der Waals surface area contributed by atoms with Crippen molar-refractivity contribution in [2.24, 2.45) is 11.8 Å². The SMILES string of the molecule is CCCCCCCc1ccc(OCCCC2CCC(CCCCC)CC2)c(C#N)c1C#N. The van der Waals surface area contributed by atoms with Gasteiger partial charge in [0.2, 0.25) is 0 Å². The molecule has 0 aromatic heterocycles. The molecule has 1 saturated carbocycles. The zero-order valence-electron chi connectivity index (χ0n) is 20.6. The predicted octanol–water partition coefficient (Wildman–Crippen LogP) is 8.49. The van der Waals surface area contributed by atoms with E-state index in [9.17, 15) is 10.5 Å². The molecule has 0 atom stereocenters. The fourth-order valence-electron chi connectivity index (χ4n) is 5.16. The minimum atomic E-state index is 0.422. The van der Waals surface area contributed by atoms with Crippen molar-refractivity contribution in [2.75, 3.05) is 6.61 Å². The number of ether oxygens (including phenoxy) is 1. The maximum Gasteiger partial charge on any atom is 0.138 e. The van der Waals surface area contributed by atoms with Crippen LogP contribution in [-0.4, -0.2) is 6.61 Å². The van der Waals surface area contributed by atoms with Gasteiger partial charge >= 0.3 is 0 Å². The first-order valence-electron chi connectivity index (χ1n) is 13.3. The Morgan fingerprint density at radius 3 is 1.97 bits per heavy atom. The van der Waals surface area contributed by atoms with Gasteiger partial charge in [-0.2, -0.15) is 10.5 Å². The van der Waals surface area contributed by atoms with Gasteiger partial charge in [-0.05, 0) is 49.1 Å². The van der Waals surface area contributed by atoms with Crippen LogP contribution in [0.1, 0.15) is 127 Å². The number of hydrogen-bond acceptors (Lipinski definition) is 3. The standard InChI is InChI=1S/C29H44N2O/c1-3-5-7-8-10-14-26-19-20-29(28(23-31)27(26)22-30)32-21-11-13-25-17-15-24(16-18-25)12-9-6-4-2/h19-20,24-25H,3-18,21H2,1-2H3. The molecule has 0 heterocycles. The number of benzene rings is 1. The van der Waals surface area contributed by atoms with Gasteiger partial charge in [0, 0.05) is 0 Å². The highest BCUT2D eigenvalue weighted by atomic mass is 16.5. The molecule has 0 spiro atoms. The molecule has 1 fully saturated rings. The summed E-state index contributed by atoms with van der Waals surface area (Å²) < 4.78 is 5.99. The van der Waals surface area contributed by atoms with Gasteiger partial charge in [-0.25, -0.2) is 0 Å². The zero-order valence-corrected chi connectivity index (χ0v) is 20.6. The molecule has 1 aliphatic rings. The van der Waals surface area contributed by atoms with E-state index < -0.39 is 0 Å². The molecular weight excluding hydrogens is 392 g/mol. The molecule has 0 amide bonds. The number of nitriles is 2. The van der Waals surface area contributed by atoms with Crippen molar-refractivity contribution in [1.82, 2.24) is 0 Å². The van der Waals surface area contributed by atoms with Gasteiger partial charge in [-0.1, -0.05) is 97.0 Å². The quantitative estimate of drug-likeness (QED) is 0.259. The second-order valence-corrected chi connectivity index (χ2v) is 9.73. The van der Waals surface area contributed by atoms with E-state index in [0.717, 1.165) is 36.7 Å². The molecule has 0 bridgehead atoms. The number of rotatable bonds is 15. The van der Waals surface area contributed by atoms with Crippen molar-refractivity contribution in [2.45, 2.75) is 117 Å². The molecule has 0 unspecified atom stereocenters. The van der Waals surface area contributed by atoms with Crippen LogP contribution in [0.5, 0.6) is 5.75 Å². The van der Waals surface area contributed by atoms with E-state index in [-0.39, 0.29) is 0 Å². The van der Waals surface area contributed by atoms with E-state index in [0.29, 0.717) is 23.5 Å². The summed E-state index contributed by atoms with van der Waals surface area (Å²) in [5, 5.41) is 19.3. The normalized spacial score (nSPS) is 18.1. The first-order valence-corrected chi connectivity index (χ1v) is 13.3. The fourth-order valence-corrected chi connectivity index (χ4v) is 5.16. The van der Waals surface area contributed by atoms with Crippen LogP contribution in [0, 0.1) is 34.5 Å². The maximum absolute atomic E-state index is 9.68. The minimum absolute atomic E-state index is 0.422. The zero-order chi connectivity index (χ0) is 23.0. The summed E-state index contributed by atoms with van der Waals surface area (Å²) in [4.78, 5) is 0. The number of unbranched alkanes of at least 4 members (excludes halogenated alkanes) is 6. The largest absolute Gasteiger partial charge is 0.492 e. The average molecular weight is 437 g/mol. The highest BCUT2D eigenvalue weighted by Gasteiger charge is 2.20. The molecule has 3 nitrogen and oxygen atoms in total. The predicted molar refractivity (Wildman–Crippen MR) is 133 cm³/mol. The molecule has 3 heteroatoms. The van der Waals surface area contributed by atoms with E-state index in [1.807, 2.05) is 12.1 Å². The lowest BCUT2D eigenvalue weighted by molar-refractivity contribution is 0.228. The van der Waals surface area contributed by atoms with Crippen LogP contribution in [0.25, 0.3) is 0 Å². The lowest BCUT2D eigenvalue weighted by Crippen LogP contribution is -2.15. The third kappa shape index (κ3) is 8.86. The lowest BCUT2D eigenvalue weighted by atomic mass is 9.78. The molecule has 32 heavy (non-hydrogen) atoms. The van der Waals surface area contributed by atoms with Crippen LogP contribution in [0.15, 0.2) is 12.1 Å². The Kier molecular flexibility index (Phi) is 12.9. The highest BCUT2D eigenvalue weighted by molar-refractivity contribution is 5.57. The Balaban J connectivity index is 1.76. The third-order valence-electron chi connectivity index (χ3n) is 7.22. The second kappa shape index (κ2) is 15.7. The summed E-state index contributed by atoms with van der Waals surface area (Å²) >= 11 is 0. The number of nitrogens with zero attached hydrogens (tertiary/aromatic N) is 2. The molecule has 0 aliphatic heterocycles. The molecule has 1 aliphatic carbocycles. The van der Waals surface area contributed by atoms with Gasteiger partial charge in [0.1, 0.15) is 23.5 Å². The van der Waals surface area contributed by atoms with Gasteiger partial charge in [0.25, 0.3) is 0 Å². The Bertz CT molecular complexity index is 735. The van der Waals surface area contributed by atoms with E-state index in [4.69, 9.17) is 4.74 Å². The maximum atomic E-state index is 9.68. The van der Waals surface area contributed by atoms with Crippen molar-refractivity contribution < 1.29 is 4.74 Å². The summed E-state index contributed by atoms with van der Waals surface area (Å²) in [5.74, 6) is 2.38. The summed E-state index contributed by atoms with van der Waals surface area (Å²) in [6.07, 6.45) is 20.2. The van der Waals surface area contributed by atoms with Gasteiger partial charge in [0.15, 0.2) is 0 Å². The minimum Gasteiger partial charge on any atom is -0.492 e. The van der Waals surface area contributed by atoms with Gasteiger partial charge < -0.3 is 4.74 Å². The van der Waals surface area contributed by atoms with Crippen molar-refractivity contribution in [3.05, 3.63) is 28.8 Å². The van der Waals surface area contributed by atoms with Crippen molar-refractivity contribution in [3.63, 3.8) is 0 Å². The van der Waals surface area contributed by atoms with Gasteiger partial charge in [-0.15, -0.1) is 0 Å². The summed E-state index contributed by atoms with van der Waals surface area (Å²) in [7, 11) is 0. The van der Waals surface area contributed by atoms with Crippen LogP contribution >= 0.6 is 0 Å². The first kappa shape index (κ1) is 26.3. The van der Waals surface area contributed by atoms with Crippen molar-refractivity contribution in [1.29, 1.82) is 10.5 Å². The van der Waals surface area contributed by atoms with E-state index in [1.54, 1.807) is 0 Å². The Hall–Kier alpha value is -2.00. The molecule has 176 valence electrons. The van der Waals surface area contributed by atoms with E-state index >= 15 is 0 Å². The number of hydrogen-bond donors (Lipinski definition) is 0. The summed E-state index contributed by atoms with van der Waals surface area (Å²) in [5.41, 5.74) is 1.93. The first-order chi connectivity index (χ1) is 15.7. The van der Waals surface area contributed by atoms with Crippen LogP contribution in [0.3, 0.4) is 0 Å². The Morgan fingerprint density at radius 2 is 1.34 bits per heavy atom. The second-order valence-electron chi connectivity index (χ2n) is 9.73. The third-order valence-corrected chi connectivity index (χ3v) is 7.22. The highest BCUT2D eigenvalue weighted by Crippen LogP contribution is 2.34. The van der Waals surface area contributed by atoms with Crippen LogP contribution in [0.2, 0.25) is 0 Å². The monoisotopic (exact) mass is 436 g/mol. The molecule has 1 aromatic rings. The van der Waals surface area contributed by atoms with E-state index in [1.165, 1.54) is 83.5 Å². The summed E-state index contributed by atoms with van der Waals surface area (Å²) in [6.45, 7) is 5.13. The molecule has 1 aromatic carbocycles. The van der Waals surface area contributed by atoms with Crippen LogP contribution < -0.4 is 4.74 Å². The molecular formula is C29H44N2O. The number of aryl methyl sites for hydroxylation is 1. The lowest BCUT2D eigenvalue weighted by Gasteiger charge is -2.28.